The van der Waals surface area contributed by atoms with Crippen molar-refractivity contribution in [1.29, 1.82) is 0 Å². The fraction of sp³-hybridized carbons (Fsp3) is 0.407. The minimum absolute atomic E-state index is 0.00164. The molecule has 158 valence electrons. The molecular formula is C27H29F3. The van der Waals surface area contributed by atoms with Crippen molar-refractivity contribution in [2.24, 2.45) is 5.92 Å². The third-order valence-electron chi connectivity index (χ3n) is 6.69. The normalized spacial score (nSPS) is 19.3. The molecule has 0 heterocycles. The summed E-state index contributed by atoms with van der Waals surface area (Å²) in [6.45, 7) is 2.22. The third-order valence-corrected chi connectivity index (χ3v) is 6.69. The number of benzene rings is 3. The first-order valence-corrected chi connectivity index (χ1v) is 11.2. The van der Waals surface area contributed by atoms with Crippen molar-refractivity contribution in [3.8, 4) is 11.1 Å². The first-order chi connectivity index (χ1) is 14.5. The van der Waals surface area contributed by atoms with E-state index in [2.05, 4.69) is 6.92 Å². The molecule has 0 saturated heterocycles. The van der Waals surface area contributed by atoms with Crippen LogP contribution in [0.1, 0.15) is 69.8 Å². The fourth-order valence-electron chi connectivity index (χ4n) is 4.94. The maximum absolute atomic E-state index is 15.0. The van der Waals surface area contributed by atoms with E-state index in [1.807, 2.05) is 0 Å². The van der Waals surface area contributed by atoms with Crippen LogP contribution in [0.4, 0.5) is 13.2 Å². The molecule has 0 aromatic heterocycles. The van der Waals surface area contributed by atoms with Crippen LogP contribution in [0, 0.1) is 23.4 Å². The molecule has 0 N–H and O–H groups in total. The van der Waals surface area contributed by atoms with Crippen molar-refractivity contribution in [2.45, 2.75) is 64.2 Å². The summed E-state index contributed by atoms with van der Waals surface area (Å²) in [6, 6.07) is 12.6. The summed E-state index contributed by atoms with van der Waals surface area (Å²) in [5.74, 6) is -0.348. The van der Waals surface area contributed by atoms with Gasteiger partial charge >= 0.3 is 0 Å². The highest BCUT2D eigenvalue weighted by molar-refractivity contribution is 5.87. The van der Waals surface area contributed by atoms with Crippen LogP contribution < -0.4 is 0 Å². The highest BCUT2D eigenvalue weighted by Crippen LogP contribution is 2.40. The summed E-state index contributed by atoms with van der Waals surface area (Å²) in [5.41, 5.74) is 1.26. The molecule has 0 amide bonds. The van der Waals surface area contributed by atoms with Crippen LogP contribution >= 0.6 is 0 Å². The predicted molar refractivity (Wildman–Crippen MR) is 118 cm³/mol. The molecule has 4 rings (SSSR count). The van der Waals surface area contributed by atoms with E-state index in [1.54, 1.807) is 24.3 Å². The SMILES string of the molecule is CCCCCC1CCC(c2cc(F)c(-c3ccc4cc(F)ccc4c3)c(F)c2)CC1. The van der Waals surface area contributed by atoms with E-state index in [0.29, 0.717) is 10.9 Å². The van der Waals surface area contributed by atoms with Gasteiger partial charge in [0, 0.05) is 0 Å². The van der Waals surface area contributed by atoms with Gasteiger partial charge in [-0.05, 0) is 89.8 Å². The van der Waals surface area contributed by atoms with E-state index < -0.39 is 11.6 Å². The zero-order valence-corrected chi connectivity index (χ0v) is 17.6. The molecule has 1 saturated carbocycles. The minimum Gasteiger partial charge on any atom is -0.207 e. The minimum atomic E-state index is -0.517. The van der Waals surface area contributed by atoms with Crippen LogP contribution in [0.3, 0.4) is 0 Å². The summed E-state index contributed by atoms with van der Waals surface area (Å²) >= 11 is 0. The Kier molecular flexibility index (Phi) is 6.46. The van der Waals surface area contributed by atoms with Crippen LogP contribution in [0.15, 0.2) is 48.5 Å². The summed E-state index contributed by atoms with van der Waals surface area (Å²) in [5, 5.41) is 1.48. The molecule has 3 aromatic rings. The number of unbranched alkanes of at least 4 members (excludes halogenated alkanes) is 2. The lowest BCUT2D eigenvalue weighted by Gasteiger charge is -2.29. The Hall–Kier alpha value is -2.29. The molecule has 1 fully saturated rings. The van der Waals surface area contributed by atoms with Crippen molar-refractivity contribution in [2.75, 3.05) is 0 Å². The maximum atomic E-state index is 15.0. The van der Waals surface area contributed by atoms with Gasteiger partial charge in [-0.3, -0.25) is 0 Å². The predicted octanol–water partition coefficient (Wildman–Crippen LogP) is 8.78. The van der Waals surface area contributed by atoms with Gasteiger partial charge < -0.3 is 0 Å². The molecule has 0 atom stereocenters. The Morgan fingerprint density at radius 2 is 1.43 bits per heavy atom. The zero-order valence-electron chi connectivity index (χ0n) is 17.6. The van der Waals surface area contributed by atoms with E-state index in [9.17, 15) is 13.2 Å². The standard InChI is InChI=1S/C27H29F3/c1-2-3-4-5-18-6-8-19(9-7-18)23-16-25(29)27(26(30)17-23)22-11-10-21-15-24(28)13-12-20(21)14-22/h10-19H,2-9H2,1H3. The van der Waals surface area contributed by atoms with Gasteiger partial charge in [0.25, 0.3) is 0 Å². The molecule has 3 aromatic carbocycles. The monoisotopic (exact) mass is 410 g/mol. The third kappa shape index (κ3) is 4.55. The summed E-state index contributed by atoms with van der Waals surface area (Å²) in [7, 11) is 0. The van der Waals surface area contributed by atoms with Crippen molar-refractivity contribution in [1.82, 2.24) is 0 Å². The summed E-state index contributed by atoms with van der Waals surface area (Å²) < 4.78 is 43.4. The molecule has 0 spiro atoms. The molecule has 1 aliphatic carbocycles. The van der Waals surface area contributed by atoms with Gasteiger partial charge in [0.15, 0.2) is 0 Å². The van der Waals surface area contributed by atoms with Crippen LogP contribution in [0.5, 0.6) is 0 Å². The quantitative estimate of drug-likeness (QED) is 0.356. The Morgan fingerprint density at radius 3 is 2.13 bits per heavy atom. The van der Waals surface area contributed by atoms with Gasteiger partial charge in [0.1, 0.15) is 17.5 Å². The molecule has 0 aliphatic heterocycles. The molecule has 0 bridgehead atoms. The van der Waals surface area contributed by atoms with E-state index in [4.69, 9.17) is 0 Å². The Morgan fingerprint density at radius 1 is 0.767 bits per heavy atom. The van der Waals surface area contributed by atoms with Gasteiger partial charge in [-0.25, -0.2) is 13.2 Å². The topological polar surface area (TPSA) is 0 Å². The van der Waals surface area contributed by atoms with Crippen molar-refractivity contribution < 1.29 is 13.2 Å². The summed E-state index contributed by atoms with van der Waals surface area (Å²) in [4.78, 5) is 0. The Bertz CT molecular complexity index is 993. The molecule has 0 nitrogen and oxygen atoms in total. The second kappa shape index (κ2) is 9.24. The Balaban J connectivity index is 1.52. The van der Waals surface area contributed by atoms with Gasteiger partial charge in [-0.2, -0.15) is 0 Å². The van der Waals surface area contributed by atoms with E-state index >= 15 is 0 Å². The zero-order chi connectivity index (χ0) is 21.1. The molecule has 30 heavy (non-hydrogen) atoms. The van der Waals surface area contributed by atoms with Crippen LogP contribution in [-0.4, -0.2) is 0 Å². The Labute approximate surface area is 177 Å². The average molecular weight is 411 g/mol. The molecular weight excluding hydrogens is 381 g/mol. The van der Waals surface area contributed by atoms with Crippen molar-refractivity contribution in [3.05, 3.63) is 71.5 Å². The lowest BCUT2D eigenvalue weighted by atomic mass is 9.76. The fourth-order valence-corrected chi connectivity index (χ4v) is 4.94. The lowest BCUT2D eigenvalue weighted by Crippen LogP contribution is -2.14. The van der Waals surface area contributed by atoms with Gasteiger partial charge in [0.2, 0.25) is 0 Å². The van der Waals surface area contributed by atoms with Gasteiger partial charge in [-0.15, -0.1) is 0 Å². The first kappa shape index (κ1) is 21.0. The van der Waals surface area contributed by atoms with Crippen molar-refractivity contribution in [3.63, 3.8) is 0 Å². The highest BCUT2D eigenvalue weighted by Gasteiger charge is 2.24. The molecule has 0 radical (unpaired) electrons. The average Bonchev–Trinajstić information content (AvgIpc) is 2.74. The van der Waals surface area contributed by atoms with E-state index in [1.165, 1.54) is 49.9 Å². The van der Waals surface area contributed by atoms with E-state index in [-0.39, 0.29) is 17.3 Å². The van der Waals surface area contributed by atoms with Gasteiger partial charge in [-0.1, -0.05) is 50.8 Å². The van der Waals surface area contributed by atoms with Gasteiger partial charge in [0.05, 0.1) is 5.56 Å². The highest BCUT2D eigenvalue weighted by atomic mass is 19.1. The molecule has 0 unspecified atom stereocenters. The van der Waals surface area contributed by atoms with Crippen LogP contribution in [0.2, 0.25) is 0 Å². The number of hydrogen-bond acceptors (Lipinski definition) is 0. The van der Waals surface area contributed by atoms with E-state index in [0.717, 1.165) is 42.6 Å². The molecule has 3 heteroatoms. The smallest absolute Gasteiger partial charge is 0.134 e. The second-order valence-electron chi connectivity index (χ2n) is 8.78. The van der Waals surface area contributed by atoms with Crippen LogP contribution in [-0.2, 0) is 0 Å². The number of rotatable bonds is 6. The molecule has 1 aliphatic rings. The van der Waals surface area contributed by atoms with Crippen LogP contribution in [0.25, 0.3) is 21.9 Å². The lowest BCUT2D eigenvalue weighted by molar-refractivity contribution is 0.302. The largest absolute Gasteiger partial charge is 0.207 e. The number of hydrogen-bond donors (Lipinski definition) is 0. The second-order valence-corrected chi connectivity index (χ2v) is 8.78. The first-order valence-electron chi connectivity index (χ1n) is 11.2. The number of halogens is 3. The summed E-state index contributed by atoms with van der Waals surface area (Å²) in [6.07, 6.45) is 9.44. The maximum Gasteiger partial charge on any atom is 0.134 e. The number of fused-ring (bicyclic) bond motifs is 1. The van der Waals surface area contributed by atoms with Crippen molar-refractivity contribution >= 4 is 10.8 Å².